The Morgan fingerprint density at radius 3 is 2.60 bits per heavy atom. The van der Waals surface area contributed by atoms with Gasteiger partial charge in [0.2, 0.25) is 5.95 Å². The van der Waals surface area contributed by atoms with Crippen LogP contribution in [0.2, 0.25) is 0 Å². The van der Waals surface area contributed by atoms with Gasteiger partial charge in [-0.15, -0.1) is 5.10 Å². The van der Waals surface area contributed by atoms with E-state index in [1.807, 2.05) is 0 Å². The maximum Gasteiger partial charge on any atom is 0.279 e. The molecule has 8 nitrogen and oxygen atoms in total. The number of rotatable bonds is 3. The molecule has 0 saturated heterocycles. The number of benzene rings is 1. The molecule has 1 aliphatic rings. The number of hydrogen-bond donors (Lipinski definition) is 3. The van der Waals surface area contributed by atoms with E-state index in [0.29, 0.717) is 16.7 Å². The van der Waals surface area contributed by atoms with Gasteiger partial charge in [-0.25, -0.2) is 5.10 Å². The number of anilines is 1. The lowest BCUT2D eigenvalue weighted by molar-refractivity contribution is 0.102. The Bertz CT molecular complexity index is 970. The molecule has 1 amide bonds. The fourth-order valence-electron chi connectivity index (χ4n) is 3.34. The first-order valence-corrected chi connectivity index (χ1v) is 8.43. The van der Waals surface area contributed by atoms with Crippen LogP contribution in [0, 0.1) is 0 Å². The van der Waals surface area contributed by atoms with E-state index in [1.54, 1.807) is 24.3 Å². The molecule has 1 aromatic carbocycles. The average Bonchev–Trinajstić information content (AvgIpc) is 3.11. The third kappa shape index (κ3) is 3.02. The highest BCUT2D eigenvalue weighted by Gasteiger charge is 2.21. The Balaban J connectivity index is 1.58. The van der Waals surface area contributed by atoms with Crippen molar-refractivity contribution in [2.75, 3.05) is 5.32 Å². The second kappa shape index (κ2) is 6.46. The van der Waals surface area contributed by atoms with Gasteiger partial charge in [-0.3, -0.25) is 20.0 Å². The minimum Gasteiger partial charge on any atom is -0.288 e. The Hall–Kier alpha value is -3.03. The zero-order valence-corrected chi connectivity index (χ0v) is 13.6. The lowest BCUT2D eigenvalue weighted by atomic mass is 9.89. The number of aromatic amines is 2. The third-order valence-corrected chi connectivity index (χ3v) is 4.63. The normalized spacial score (nSPS) is 15.4. The van der Waals surface area contributed by atoms with E-state index in [0.717, 1.165) is 18.7 Å². The Morgan fingerprint density at radius 2 is 1.80 bits per heavy atom. The van der Waals surface area contributed by atoms with Crippen molar-refractivity contribution in [3.63, 3.8) is 0 Å². The van der Waals surface area contributed by atoms with E-state index >= 15 is 0 Å². The van der Waals surface area contributed by atoms with Crippen molar-refractivity contribution >= 4 is 22.6 Å². The lowest BCUT2D eigenvalue weighted by Crippen LogP contribution is -2.19. The van der Waals surface area contributed by atoms with Crippen molar-refractivity contribution in [3.8, 4) is 0 Å². The summed E-state index contributed by atoms with van der Waals surface area (Å²) in [5.74, 6) is 0.956. The molecule has 0 spiro atoms. The van der Waals surface area contributed by atoms with Crippen LogP contribution in [-0.2, 0) is 0 Å². The summed E-state index contributed by atoms with van der Waals surface area (Å²) in [7, 11) is 0. The first-order valence-electron chi connectivity index (χ1n) is 8.43. The molecule has 128 valence electrons. The van der Waals surface area contributed by atoms with E-state index in [-0.39, 0.29) is 17.2 Å². The van der Waals surface area contributed by atoms with Crippen LogP contribution in [0.25, 0.3) is 10.8 Å². The maximum atomic E-state index is 12.5. The van der Waals surface area contributed by atoms with Crippen molar-refractivity contribution in [1.82, 2.24) is 25.4 Å². The molecule has 4 rings (SSSR count). The SMILES string of the molecule is O=C(Nc1n[nH]c(C2CCCCC2)n1)c1n[nH]c(=O)c2ccccc12. The summed E-state index contributed by atoms with van der Waals surface area (Å²) in [6, 6.07) is 6.84. The molecule has 2 aromatic heterocycles. The first kappa shape index (κ1) is 15.5. The van der Waals surface area contributed by atoms with E-state index in [2.05, 4.69) is 30.7 Å². The van der Waals surface area contributed by atoms with Gasteiger partial charge in [0, 0.05) is 11.3 Å². The number of carbonyl (C=O) groups excluding carboxylic acids is 1. The number of nitrogens with one attached hydrogen (secondary N) is 3. The third-order valence-electron chi connectivity index (χ3n) is 4.63. The molecule has 0 bridgehead atoms. The van der Waals surface area contributed by atoms with Gasteiger partial charge < -0.3 is 0 Å². The fourth-order valence-corrected chi connectivity index (χ4v) is 3.34. The number of fused-ring (bicyclic) bond motifs is 1. The molecule has 1 saturated carbocycles. The molecule has 1 fully saturated rings. The number of nitrogens with zero attached hydrogens (tertiary/aromatic N) is 3. The molecule has 2 heterocycles. The highest BCUT2D eigenvalue weighted by atomic mass is 16.2. The predicted molar refractivity (Wildman–Crippen MR) is 92.5 cm³/mol. The summed E-state index contributed by atoms with van der Waals surface area (Å²) < 4.78 is 0. The Labute approximate surface area is 143 Å². The number of H-pyrrole nitrogens is 2. The van der Waals surface area contributed by atoms with Crippen LogP contribution in [0.5, 0.6) is 0 Å². The Morgan fingerprint density at radius 1 is 1.04 bits per heavy atom. The van der Waals surface area contributed by atoms with Gasteiger partial charge in [0.25, 0.3) is 11.5 Å². The largest absolute Gasteiger partial charge is 0.288 e. The number of hydrogen-bond acceptors (Lipinski definition) is 5. The van der Waals surface area contributed by atoms with Gasteiger partial charge in [-0.2, -0.15) is 10.1 Å². The maximum absolute atomic E-state index is 12.5. The van der Waals surface area contributed by atoms with Crippen LogP contribution >= 0.6 is 0 Å². The van der Waals surface area contributed by atoms with Crippen LogP contribution in [0.1, 0.15) is 54.3 Å². The molecular formula is C17H18N6O2. The molecule has 8 heteroatoms. The van der Waals surface area contributed by atoms with Crippen LogP contribution in [0.3, 0.4) is 0 Å². The number of amides is 1. The van der Waals surface area contributed by atoms with Crippen molar-refractivity contribution in [2.45, 2.75) is 38.0 Å². The molecule has 0 atom stereocenters. The fraction of sp³-hybridized carbons (Fsp3) is 0.353. The summed E-state index contributed by atoms with van der Waals surface area (Å²) in [5, 5.41) is 16.8. The quantitative estimate of drug-likeness (QED) is 0.678. The Kier molecular flexibility index (Phi) is 4.01. The monoisotopic (exact) mass is 338 g/mol. The van der Waals surface area contributed by atoms with Crippen LogP contribution in [0.15, 0.2) is 29.1 Å². The molecule has 0 unspecified atom stereocenters. The summed E-state index contributed by atoms with van der Waals surface area (Å²) in [6.07, 6.45) is 5.84. The van der Waals surface area contributed by atoms with E-state index in [9.17, 15) is 9.59 Å². The van der Waals surface area contributed by atoms with Gasteiger partial charge in [-0.1, -0.05) is 37.5 Å². The standard InChI is InChI=1S/C17H18N6O2/c24-15-12-9-5-4-8-11(12)13(20-22-15)16(25)19-17-18-14(21-23-17)10-6-2-1-3-7-10/h4-5,8-10H,1-3,6-7H2,(H,22,24)(H2,18,19,21,23,25). The van der Waals surface area contributed by atoms with E-state index in [4.69, 9.17) is 0 Å². The molecule has 3 N–H and O–H groups in total. The zero-order chi connectivity index (χ0) is 17.2. The molecule has 0 aliphatic heterocycles. The summed E-state index contributed by atoms with van der Waals surface area (Å²) in [5.41, 5.74) is -0.191. The van der Waals surface area contributed by atoms with Gasteiger partial charge in [0.05, 0.1) is 5.39 Å². The molecule has 3 aromatic rings. The minimum atomic E-state index is -0.457. The highest BCUT2D eigenvalue weighted by Crippen LogP contribution is 2.30. The minimum absolute atomic E-state index is 0.138. The van der Waals surface area contributed by atoms with E-state index in [1.165, 1.54) is 19.3 Å². The zero-order valence-electron chi connectivity index (χ0n) is 13.6. The summed E-state index contributed by atoms with van der Waals surface area (Å²) >= 11 is 0. The second-order valence-corrected chi connectivity index (χ2v) is 6.28. The molecular weight excluding hydrogens is 320 g/mol. The van der Waals surface area contributed by atoms with Crippen molar-refractivity contribution in [1.29, 1.82) is 0 Å². The van der Waals surface area contributed by atoms with E-state index < -0.39 is 5.91 Å². The lowest BCUT2D eigenvalue weighted by Gasteiger charge is -2.18. The van der Waals surface area contributed by atoms with Crippen molar-refractivity contribution < 1.29 is 4.79 Å². The van der Waals surface area contributed by atoms with Crippen molar-refractivity contribution in [2.24, 2.45) is 0 Å². The van der Waals surface area contributed by atoms with Gasteiger partial charge in [0.1, 0.15) is 5.82 Å². The van der Waals surface area contributed by atoms with Gasteiger partial charge in [-0.05, 0) is 18.9 Å². The average molecular weight is 338 g/mol. The number of aromatic nitrogens is 5. The highest BCUT2D eigenvalue weighted by molar-refractivity contribution is 6.10. The topological polar surface area (TPSA) is 116 Å². The van der Waals surface area contributed by atoms with Crippen LogP contribution in [0.4, 0.5) is 5.95 Å². The van der Waals surface area contributed by atoms with Gasteiger partial charge >= 0.3 is 0 Å². The molecule has 1 aliphatic carbocycles. The second-order valence-electron chi connectivity index (χ2n) is 6.28. The molecule has 0 radical (unpaired) electrons. The van der Waals surface area contributed by atoms with Gasteiger partial charge in [0.15, 0.2) is 5.69 Å². The summed E-state index contributed by atoms with van der Waals surface area (Å²) in [4.78, 5) is 28.7. The first-order chi connectivity index (χ1) is 12.2. The smallest absolute Gasteiger partial charge is 0.279 e. The van der Waals surface area contributed by atoms with Crippen LogP contribution in [-0.4, -0.2) is 31.3 Å². The number of carbonyl (C=O) groups is 1. The molecule has 25 heavy (non-hydrogen) atoms. The summed E-state index contributed by atoms with van der Waals surface area (Å²) in [6.45, 7) is 0. The van der Waals surface area contributed by atoms with Crippen molar-refractivity contribution in [3.05, 3.63) is 46.1 Å². The predicted octanol–water partition coefficient (Wildman–Crippen LogP) is 2.34. The van der Waals surface area contributed by atoms with Crippen LogP contribution < -0.4 is 10.9 Å².